The molecule has 1 heterocycles. The van der Waals surface area contributed by atoms with E-state index >= 15 is 0 Å². The highest BCUT2D eigenvalue weighted by Crippen LogP contribution is 2.13. The van der Waals surface area contributed by atoms with Crippen LogP contribution in [0.25, 0.3) is 0 Å². The molecule has 1 aromatic heterocycles. The summed E-state index contributed by atoms with van der Waals surface area (Å²) in [7, 11) is 0. The van der Waals surface area contributed by atoms with Gasteiger partial charge in [-0.3, -0.25) is 4.79 Å². The van der Waals surface area contributed by atoms with Crippen molar-refractivity contribution >= 4 is 28.9 Å². The molecular weight excluding hydrogens is 328 g/mol. The second kappa shape index (κ2) is 8.83. The van der Waals surface area contributed by atoms with Crippen LogP contribution in [0.4, 0.5) is 0 Å². The van der Waals surface area contributed by atoms with E-state index in [4.69, 9.17) is 9.47 Å². The lowest BCUT2D eigenvalue weighted by molar-refractivity contribution is -0.123. The number of carbonyl (C=O) groups excluding carboxylic acids is 2. The molecule has 0 aliphatic carbocycles. The van der Waals surface area contributed by atoms with E-state index in [1.54, 1.807) is 42.5 Å². The van der Waals surface area contributed by atoms with E-state index in [2.05, 4.69) is 10.5 Å². The van der Waals surface area contributed by atoms with E-state index in [0.717, 1.165) is 10.6 Å². The number of hydrazone groups is 1. The fourth-order valence-electron chi connectivity index (χ4n) is 1.77. The Kier molecular flexibility index (Phi) is 6.51. The van der Waals surface area contributed by atoms with Gasteiger partial charge in [0.25, 0.3) is 5.91 Å². The van der Waals surface area contributed by atoms with Crippen LogP contribution in [-0.4, -0.2) is 30.8 Å². The van der Waals surface area contributed by atoms with E-state index < -0.39 is 0 Å². The minimum absolute atomic E-state index is 0.167. The maximum absolute atomic E-state index is 11.7. The monoisotopic (exact) mass is 346 g/mol. The maximum Gasteiger partial charge on any atom is 0.338 e. The molecule has 126 valence electrons. The highest BCUT2D eigenvalue weighted by atomic mass is 32.1. The Labute approximate surface area is 144 Å². The van der Waals surface area contributed by atoms with Gasteiger partial charge in [0.2, 0.25) is 0 Å². The first-order valence-electron chi connectivity index (χ1n) is 7.37. The van der Waals surface area contributed by atoms with Gasteiger partial charge in [0.15, 0.2) is 6.61 Å². The zero-order valence-corrected chi connectivity index (χ0v) is 14.3. The van der Waals surface area contributed by atoms with Crippen molar-refractivity contribution in [2.45, 2.75) is 13.8 Å². The largest absolute Gasteiger partial charge is 0.484 e. The van der Waals surface area contributed by atoms with Crippen molar-refractivity contribution in [3.63, 3.8) is 0 Å². The average molecular weight is 346 g/mol. The predicted molar refractivity (Wildman–Crippen MR) is 92.6 cm³/mol. The van der Waals surface area contributed by atoms with Gasteiger partial charge in [-0.2, -0.15) is 5.10 Å². The van der Waals surface area contributed by atoms with Crippen LogP contribution in [0.3, 0.4) is 0 Å². The first-order chi connectivity index (χ1) is 11.6. The molecule has 1 aromatic carbocycles. The third kappa shape index (κ3) is 5.20. The fraction of sp³-hybridized carbons (Fsp3) is 0.235. The smallest absolute Gasteiger partial charge is 0.338 e. The summed E-state index contributed by atoms with van der Waals surface area (Å²) in [6, 6.07) is 10.2. The molecule has 0 radical (unpaired) electrons. The Balaban J connectivity index is 1.81. The molecule has 0 unspecified atom stereocenters. The van der Waals surface area contributed by atoms with E-state index in [0.29, 0.717) is 17.9 Å². The standard InChI is InChI=1S/C17H18N2O4S/c1-3-22-17(21)13-6-8-14(9-7-13)23-11-16(20)19-18-12(2)15-5-4-10-24-15/h4-10H,3,11H2,1-2H3,(H,19,20)/b18-12+. The molecule has 0 bridgehead atoms. The van der Waals surface area contributed by atoms with Crippen LogP contribution in [0.1, 0.15) is 29.1 Å². The summed E-state index contributed by atoms with van der Waals surface area (Å²) in [5, 5.41) is 5.97. The Morgan fingerprint density at radius 2 is 1.96 bits per heavy atom. The normalized spacial score (nSPS) is 11.0. The van der Waals surface area contributed by atoms with Crippen LogP contribution >= 0.6 is 11.3 Å². The van der Waals surface area contributed by atoms with Gasteiger partial charge < -0.3 is 9.47 Å². The number of nitrogens with zero attached hydrogens (tertiary/aromatic N) is 1. The second-order valence-corrected chi connectivity index (χ2v) is 5.69. The van der Waals surface area contributed by atoms with Gasteiger partial charge in [0, 0.05) is 4.88 Å². The summed E-state index contributed by atoms with van der Waals surface area (Å²) in [6.07, 6.45) is 0. The fourth-order valence-corrected chi connectivity index (χ4v) is 2.45. The van der Waals surface area contributed by atoms with Gasteiger partial charge in [-0.1, -0.05) is 6.07 Å². The summed E-state index contributed by atoms with van der Waals surface area (Å²) in [5.41, 5.74) is 3.61. The van der Waals surface area contributed by atoms with Gasteiger partial charge in [0.1, 0.15) is 5.75 Å². The molecule has 2 aromatic rings. The summed E-state index contributed by atoms with van der Waals surface area (Å²) in [6.45, 7) is 3.72. The molecule has 2 rings (SSSR count). The van der Waals surface area contributed by atoms with Crippen LogP contribution in [-0.2, 0) is 9.53 Å². The van der Waals surface area contributed by atoms with Crippen LogP contribution in [0, 0.1) is 0 Å². The topological polar surface area (TPSA) is 77.0 Å². The van der Waals surface area contributed by atoms with Crippen molar-refractivity contribution < 1.29 is 19.1 Å². The van der Waals surface area contributed by atoms with E-state index in [-0.39, 0.29) is 18.5 Å². The van der Waals surface area contributed by atoms with Crippen molar-refractivity contribution in [2.75, 3.05) is 13.2 Å². The second-order valence-electron chi connectivity index (χ2n) is 4.74. The lowest BCUT2D eigenvalue weighted by Gasteiger charge is -2.06. The number of nitrogens with one attached hydrogen (secondary N) is 1. The summed E-state index contributed by atoms with van der Waals surface area (Å²) < 4.78 is 10.2. The van der Waals surface area contributed by atoms with Crippen molar-refractivity contribution in [1.29, 1.82) is 0 Å². The Hall–Kier alpha value is -2.67. The minimum Gasteiger partial charge on any atom is -0.484 e. The van der Waals surface area contributed by atoms with E-state index in [1.165, 1.54) is 0 Å². The van der Waals surface area contributed by atoms with Gasteiger partial charge in [-0.15, -0.1) is 11.3 Å². The molecule has 6 nitrogen and oxygen atoms in total. The molecule has 0 fully saturated rings. The van der Waals surface area contributed by atoms with Gasteiger partial charge in [-0.05, 0) is 49.6 Å². The third-order valence-electron chi connectivity index (χ3n) is 2.96. The summed E-state index contributed by atoms with van der Waals surface area (Å²) in [5.74, 6) is -0.266. The quantitative estimate of drug-likeness (QED) is 0.475. The molecule has 0 saturated heterocycles. The number of rotatable bonds is 7. The highest BCUT2D eigenvalue weighted by molar-refractivity contribution is 7.12. The predicted octanol–water partition coefficient (Wildman–Crippen LogP) is 2.84. The van der Waals surface area contributed by atoms with Crippen molar-refractivity contribution in [1.82, 2.24) is 5.43 Å². The Morgan fingerprint density at radius 1 is 1.21 bits per heavy atom. The minimum atomic E-state index is -0.389. The van der Waals surface area contributed by atoms with Crippen LogP contribution in [0.15, 0.2) is 46.9 Å². The Morgan fingerprint density at radius 3 is 2.58 bits per heavy atom. The zero-order chi connectivity index (χ0) is 17.4. The molecule has 0 aliphatic heterocycles. The SMILES string of the molecule is CCOC(=O)c1ccc(OCC(=O)N/N=C(\C)c2cccs2)cc1. The number of hydrogen-bond acceptors (Lipinski definition) is 6. The van der Waals surface area contributed by atoms with E-state index in [1.807, 2.05) is 24.4 Å². The molecule has 1 N–H and O–H groups in total. The van der Waals surface area contributed by atoms with E-state index in [9.17, 15) is 9.59 Å². The Bertz CT molecular complexity index is 709. The van der Waals surface area contributed by atoms with Gasteiger partial charge >= 0.3 is 5.97 Å². The number of hydrogen-bond donors (Lipinski definition) is 1. The molecule has 0 spiro atoms. The number of benzene rings is 1. The van der Waals surface area contributed by atoms with Crippen LogP contribution in [0.2, 0.25) is 0 Å². The lowest BCUT2D eigenvalue weighted by atomic mass is 10.2. The summed E-state index contributed by atoms with van der Waals surface area (Å²) in [4.78, 5) is 24.3. The maximum atomic E-state index is 11.7. The van der Waals surface area contributed by atoms with Crippen molar-refractivity contribution in [3.8, 4) is 5.75 Å². The number of esters is 1. The number of carbonyl (C=O) groups is 2. The molecule has 0 atom stereocenters. The zero-order valence-electron chi connectivity index (χ0n) is 13.4. The summed E-state index contributed by atoms with van der Waals surface area (Å²) >= 11 is 1.55. The van der Waals surface area contributed by atoms with Crippen LogP contribution in [0.5, 0.6) is 5.75 Å². The molecule has 24 heavy (non-hydrogen) atoms. The molecule has 1 amide bonds. The lowest BCUT2D eigenvalue weighted by Crippen LogP contribution is -2.25. The first kappa shape index (κ1) is 17.7. The van der Waals surface area contributed by atoms with Crippen molar-refractivity contribution in [3.05, 3.63) is 52.2 Å². The number of ether oxygens (including phenoxy) is 2. The molecular formula is C17H18N2O4S. The third-order valence-corrected chi connectivity index (χ3v) is 3.94. The average Bonchev–Trinajstić information content (AvgIpc) is 3.13. The highest BCUT2D eigenvalue weighted by Gasteiger charge is 2.07. The van der Waals surface area contributed by atoms with Crippen molar-refractivity contribution in [2.24, 2.45) is 5.10 Å². The number of amides is 1. The van der Waals surface area contributed by atoms with Gasteiger partial charge in [-0.25, -0.2) is 10.2 Å². The molecule has 7 heteroatoms. The molecule has 0 saturated carbocycles. The molecule has 0 aliphatic rings. The van der Waals surface area contributed by atoms with Crippen LogP contribution < -0.4 is 10.2 Å². The number of thiophene rings is 1. The first-order valence-corrected chi connectivity index (χ1v) is 8.25. The van der Waals surface area contributed by atoms with Gasteiger partial charge in [0.05, 0.1) is 17.9 Å².